The fraction of sp³-hybridized carbons (Fsp3) is 0.286. The quantitative estimate of drug-likeness (QED) is 0.860. The zero-order chi connectivity index (χ0) is 14.6. The number of benzene rings is 1. The lowest BCUT2D eigenvalue weighted by molar-refractivity contribution is 0.581. The lowest BCUT2D eigenvalue weighted by atomic mass is 10.1. The summed E-state index contributed by atoms with van der Waals surface area (Å²) in [5.74, 6) is 0. The number of nitrogens with one attached hydrogen (secondary N) is 2. The van der Waals surface area contributed by atoms with Gasteiger partial charge in [0.05, 0.1) is 4.90 Å². The van der Waals surface area contributed by atoms with Gasteiger partial charge in [-0.2, -0.15) is 0 Å². The highest BCUT2D eigenvalue weighted by Crippen LogP contribution is 2.18. The average Bonchev–Trinajstić information content (AvgIpc) is 2.92. The molecule has 0 aliphatic carbocycles. The minimum absolute atomic E-state index is 0.329. The molecular formula is C14H18N2O2S2. The number of aryl methyl sites for hydroxylation is 1. The fourth-order valence-corrected chi connectivity index (χ4v) is 3.94. The molecule has 0 radical (unpaired) electrons. The van der Waals surface area contributed by atoms with E-state index in [9.17, 15) is 8.42 Å². The van der Waals surface area contributed by atoms with Gasteiger partial charge in [-0.3, -0.25) is 0 Å². The second kappa shape index (κ2) is 6.49. The SMILES string of the molecule is CNCc1ccc(C)c(S(=O)(=O)NCc2cccs2)c1. The van der Waals surface area contributed by atoms with Crippen LogP contribution in [-0.4, -0.2) is 15.5 Å². The molecular weight excluding hydrogens is 292 g/mol. The Morgan fingerprint density at radius 2 is 2.00 bits per heavy atom. The molecule has 0 saturated heterocycles. The van der Waals surface area contributed by atoms with Gasteiger partial charge in [-0.05, 0) is 42.6 Å². The van der Waals surface area contributed by atoms with E-state index in [0.29, 0.717) is 18.0 Å². The van der Waals surface area contributed by atoms with Gasteiger partial charge < -0.3 is 5.32 Å². The largest absolute Gasteiger partial charge is 0.316 e. The van der Waals surface area contributed by atoms with Crippen molar-refractivity contribution in [1.29, 1.82) is 0 Å². The van der Waals surface area contributed by atoms with Crippen LogP contribution in [0, 0.1) is 6.92 Å². The van der Waals surface area contributed by atoms with Crippen molar-refractivity contribution in [2.75, 3.05) is 7.05 Å². The number of rotatable bonds is 6. The topological polar surface area (TPSA) is 58.2 Å². The van der Waals surface area contributed by atoms with Crippen LogP contribution in [0.4, 0.5) is 0 Å². The predicted octanol–water partition coefficient (Wildman–Crippen LogP) is 2.25. The summed E-state index contributed by atoms with van der Waals surface area (Å²) >= 11 is 1.54. The third-order valence-electron chi connectivity index (χ3n) is 2.94. The number of hydrogen-bond acceptors (Lipinski definition) is 4. The standard InChI is InChI=1S/C14H18N2O2S2/c1-11-5-6-12(9-15-2)8-14(11)20(17,18)16-10-13-4-3-7-19-13/h3-8,15-16H,9-10H2,1-2H3. The fourth-order valence-electron chi connectivity index (χ4n) is 1.91. The van der Waals surface area contributed by atoms with Gasteiger partial charge in [0.25, 0.3) is 0 Å². The maximum Gasteiger partial charge on any atom is 0.241 e. The van der Waals surface area contributed by atoms with E-state index < -0.39 is 10.0 Å². The molecule has 0 amide bonds. The molecule has 0 saturated carbocycles. The van der Waals surface area contributed by atoms with Crippen LogP contribution in [0.1, 0.15) is 16.0 Å². The van der Waals surface area contributed by atoms with E-state index in [1.54, 1.807) is 6.07 Å². The molecule has 0 atom stereocenters. The van der Waals surface area contributed by atoms with Gasteiger partial charge in [0.2, 0.25) is 10.0 Å². The van der Waals surface area contributed by atoms with E-state index in [4.69, 9.17) is 0 Å². The van der Waals surface area contributed by atoms with Crippen molar-refractivity contribution in [3.8, 4) is 0 Å². The molecule has 0 bridgehead atoms. The van der Waals surface area contributed by atoms with Gasteiger partial charge in [-0.1, -0.05) is 18.2 Å². The van der Waals surface area contributed by atoms with Crippen LogP contribution in [0.2, 0.25) is 0 Å². The predicted molar refractivity (Wildman–Crippen MR) is 82.3 cm³/mol. The van der Waals surface area contributed by atoms with Crippen molar-refractivity contribution in [2.45, 2.75) is 24.9 Å². The van der Waals surface area contributed by atoms with Crippen LogP contribution in [-0.2, 0) is 23.1 Å². The Hall–Kier alpha value is -1.21. The van der Waals surface area contributed by atoms with Crippen LogP contribution in [0.5, 0.6) is 0 Å². The highest BCUT2D eigenvalue weighted by atomic mass is 32.2. The molecule has 1 heterocycles. The summed E-state index contributed by atoms with van der Waals surface area (Å²) in [5, 5.41) is 4.96. The molecule has 2 aromatic rings. The van der Waals surface area contributed by atoms with E-state index in [-0.39, 0.29) is 0 Å². The molecule has 0 fully saturated rings. The van der Waals surface area contributed by atoms with Crippen molar-refractivity contribution < 1.29 is 8.42 Å². The molecule has 0 aliphatic rings. The van der Waals surface area contributed by atoms with Gasteiger partial charge in [-0.25, -0.2) is 13.1 Å². The minimum atomic E-state index is -3.48. The highest BCUT2D eigenvalue weighted by molar-refractivity contribution is 7.89. The molecule has 2 rings (SSSR count). The first kappa shape index (κ1) is 15.2. The minimum Gasteiger partial charge on any atom is -0.316 e. The smallest absolute Gasteiger partial charge is 0.241 e. The summed E-state index contributed by atoms with van der Waals surface area (Å²) < 4.78 is 27.4. The maximum absolute atomic E-state index is 12.4. The molecule has 4 nitrogen and oxygen atoms in total. The molecule has 0 unspecified atom stereocenters. The first-order chi connectivity index (χ1) is 9.53. The van der Waals surface area contributed by atoms with Crippen LogP contribution in [0.15, 0.2) is 40.6 Å². The lowest BCUT2D eigenvalue weighted by Crippen LogP contribution is -2.24. The van der Waals surface area contributed by atoms with E-state index in [1.807, 2.05) is 43.6 Å². The summed E-state index contributed by atoms with van der Waals surface area (Å²) in [6.07, 6.45) is 0. The van der Waals surface area contributed by atoms with Crippen LogP contribution in [0.25, 0.3) is 0 Å². The van der Waals surface area contributed by atoms with Gasteiger partial charge in [0.15, 0.2) is 0 Å². The van der Waals surface area contributed by atoms with Crippen LogP contribution >= 0.6 is 11.3 Å². The van der Waals surface area contributed by atoms with Crippen molar-refractivity contribution in [1.82, 2.24) is 10.0 Å². The Morgan fingerprint density at radius 3 is 2.65 bits per heavy atom. The summed E-state index contributed by atoms with van der Waals surface area (Å²) in [6, 6.07) is 9.32. The Bertz CT molecular complexity index is 664. The molecule has 20 heavy (non-hydrogen) atoms. The second-order valence-corrected chi connectivity index (χ2v) is 7.30. The normalized spacial score (nSPS) is 11.7. The lowest BCUT2D eigenvalue weighted by Gasteiger charge is -2.10. The third-order valence-corrected chi connectivity index (χ3v) is 5.36. The van der Waals surface area contributed by atoms with Crippen LogP contribution < -0.4 is 10.0 Å². The molecule has 0 aliphatic heterocycles. The average molecular weight is 310 g/mol. The Balaban J connectivity index is 2.21. The van der Waals surface area contributed by atoms with Gasteiger partial charge >= 0.3 is 0 Å². The summed E-state index contributed by atoms with van der Waals surface area (Å²) in [5.41, 5.74) is 1.71. The monoisotopic (exact) mass is 310 g/mol. The maximum atomic E-state index is 12.4. The zero-order valence-electron chi connectivity index (χ0n) is 11.5. The zero-order valence-corrected chi connectivity index (χ0v) is 13.1. The Morgan fingerprint density at radius 1 is 1.20 bits per heavy atom. The van der Waals surface area contributed by atoms with E-state index in [1.165, 1.54) is 11.3 Å². The first-order valence-corrected chi connectivity index (χ1v) is 8.65. The number of sulfonamides is 1. The second-order valence-electron chi connectivity index (χ2n) is 4.53. The Labute approximate surface area is 123 Å². The molecule has 6 heteroatoms. The first-order valence-electron chi connectivity index (χ1n) is 6.29. The summed E-state index contributed by atoms with van der Waals surface area (Å²) in [4.78, 5) is 1.35. The molecule has 1 aromatic heterocycles. The van der Waals surface area contributed by atoms with Gasteiger partial charge in [0, 0.05) is 18.0 Å². The van der Waals surface area contributed by atoms with Crippen molar-refractivity contribution in [2.24, 2.45) is 0 Å². The molecule has 2 N–H and O–H groups in total. The van der Waals surface area contributed by atoms with Crippen molar-refractivity contribution in [3.05, 3.63) is 51.7 Å². The summed E-state index contributed by atoms with van der Waals surface area (Å²) in [6.45, 7) is 2.78. The van der Waals surface area contributed by atoms with Crippen molar-refractivity contribution >= 4 is 21.4 Å². The van der Waals surface area contributed by atoms with E-state index >= 15 is 0 Å². The highest BCUT2D eigenvalue weighted by Gasteiger charge is 2.17. The van der Waals surface area contributed by atoms with E-state index in [0.717, 1.165) is 16.0 Å². The van der Waals surface area contributed by atoms with Crippen LogP contribution in [0.3, 0.4) is 0 Å². The van der Waals surface area contributed by atoms with E-state index in [2.05, 4.69) is 10.0 Å². The molecule has 1 aromatic carbocycles. The van der Waals surface area contributed by atoms with Gasteiger partial charge in [-0.15, -0.1) is 11.3 Å². The van der Waals surface area contributed by atoms with Gasteiger partial charge in [0.1, 0.15) is 0 Å². The summed E-state index contributed by atoms with van der Waals surface area (Å²) in [7, 11) is -1.64. The third kappa shape index (κ3) is 3.67. The Kier molecular flexibility index (Phi) is 4.93. The number of hydrogen-bond donors (Lipinski definition) is 2. The molecule has 0 spiro atoms. The molecule has 108 valence electrons. The number of thiophene rings is 1. The van der Waals surface area contributed by atoms with Crippen molar-refractivity contribution in [3.63, 3.8) is 0 Å².